The minimum Gasteiger partial charge on any atom is -0.421 e. The highest BCUT2D eigenvalue weighted by Gasteiger charge is 2.07. The Kier molecular flexibility index (Phi) is 3.31. The van der Waals surface area contributed by atoms with Gasteiger partial charge in [0.25, 0.3) is 0 Å². The lowest BCUT2D eigenvalue weighted by atomic mass is 10.1. The van der Waals surface area contributed by atoms with Crippen molar-refractivity contribution in [3.8, 4) is 11.5 Å². The van der Waals surface area contributed by atoms with Crippen molar-refractivity contribution >= 4 is 0 Å². The molecule has 0 spiro atoms. The number of aryl methyl sites for hydroxylation is 2. The standard InChI is InChI=1S/C12H14N2O2/c1-9-4-6-10(7-5-9)12-14-13-11(16-12)3-2-8-15/h4-7,15H,2-3,8H2,1H3. The summed E-state index contributed by atoms with van der Waals surface area (Å²) in [4.78, 5) is 0. The lowest BCUT2D eigenvalue weighted by molar-refractivity contribution is 0.283. The van der Waals surface area contributed by atoms with Gasteiger partial charge in [0.05, 0.1) is 0 Å². The molecule has 16 heavy (non-hydrogen) atoms. The van der Waals surface area contributed by atoms with E-state index in [0.29, 0.717) is 24.6 Å². The molecule has 1 heterocycles. The van der Waals surface area contributed by atoms with Gasteiger partial charge in [0.15, 0.2) is 0 Å². The van der Waals surface area contributed by atoms with E-state index in [1.54, 1.807) is 0 Å². The molecule has 4 heteroatoms. The summed E-state index contributed by atoms with van der Waals surface area (Å²) in [6.07, 6.45) is 1.27. The summed E-state index contributed by atoms with van der Waals surface area (Å²) in [5.41, 5.74) is 2.12. The first-order valence-electron chi connectivity index (χ1n) is 5.30. The highest BCUT2D eigenvalue weighted by molar-refractivity contribution is 5.52. The molecule has 0 atom stereocenters. The van der Waals surface area contributed by atoms with E-state index in [9.17, 15) is 0 Å². The Morgan fingerprint density at radius 3 is 2.62 bits per heavy atom. The van der Waals surface area contributed by atoms with Crippen molar-refractivity contribution in [2.75, 3.05) is 6.61 Å². The van der Waals surface area contributed by atoms with E-state index in [4.69, 9.17) is 9.52 Å². The van der Waals surface area contributed by atoms with Crippen molar-refractivity contribution in [2.45, 2.75) is 19.8 Å². The molecular formula is C12H14N2O2. The van der Waals surface area contributed by atoms with Gasteiger partial charge in [-0.15, -0.1) is 10.2 Å². The van der Waals surface area contributed by atoms with Crippen LogP contribution in [-0.2, 0) is 6.42 Å². The molecule has 2 rings (SSSR count). The molecule has 0 aliphatic heterocycles. The van der Waals surface area contributed by atoms with Gasteiger partial charge in [-0.1, -0.05) is 17.7 Å². The SMILES string of the molecule is Cc1ccc(-c2nnc(CCCO)o2)cc1. The molecule has 0 bridgehead atoms. The Morgan fingerprint density at radius 1 is 1.19 bits per heavy atom. The van der Waals surface area contributed by atoms with Crippen LogP contribution in [0.3, 0.4) is 0 Å². The average molecular weight is 218 g/mol. The van der Waals surface area contributed by atoms with Crippen molar-refractivity contribution in [3.63, 3.8) is 0 Å². The smallest absolute Gasteiger partial charge is 0.247 e. The van der Waals surface area contributed by atoms with Crippen molar-refractivity contribution in [2.24, 2.45) is 0 Å². The van der Waals surface area contributed by atoms with Gasteiger partial charge in [0.1, 0.15) is 0 Å². The fourth-order valence-electron chi connectivity index (χ4n) is 1.40. The zero-order valence-electron chi connectivity index (χ0n) is 9.18. The Bertz CT molecular complexity index is 448. The first-order valence-corrected chi connectivity index (χ1v) is 5.30. The summed E-state index contributed by atoms with van der Waals surface area (Å²) >= 11 is 0. The third kappa shape index (κ3) is 2.46. The molecule has 4 nitrogen and oxygen atoms in total. The largest absolute Gasteiger partial charge is 0.421 e. The molecule has 0 radical (unpaired) electrons. The molecule has 0 aliphatic rings. The molecule has 1 aromatic heterocycles. The second-order valence-electron chi connectivity index (χ2n) is 3.69. The number of aliphatic hydroxyl groups excluding tert-OH is 1. The summed E-state index contributed by atoms with van der Waals surface area (Å²) in [7, 11) is 0. The molecule has 84 valence electrons. The zero-order valence-corrected chi connectivity index (χ0v) is 9.18. The van der Waals surface area contributed by atoms with E-state index < -0.39 is 0 Å². The van der Waals surface area contributed by atoms with E-state index in [-0.39, 0.29) is 6.61 Å². The summed E-state index contributed by atoms with van der Waals surface area (Å²) in [5.74, 6) is 1.11. The van der Waals surface area contributed by atoms with Crippen LogP contribution in [0.4, 0.5) is 0 Å². The predicted molar refractivity (Wildman–Crippen MR) is 59.9 cm³/mol. The van der Waals surface area contributed by atoms with E-state index in [0.717, 1.165) is 5.56 Å². The molecule has 0 saturated heterocycles. The Balaban J connectivity index is 2.15. The van der Waals surface area contributed by atoms with Crippen LogP contribution in [0.2, 0.25) is 0 Å². The summed E-state index contributed by atoms with van der Waals surface area (Å²) < 4.78 is 5.48. The van der Waals surface area contributed by atoms with Crippen LogP contribution in [0.5, 0.6) is 0 Å². The lowest BCUT2D eigenvalue weighted by Gasteiger charge is -1.95. The maximum atomic E-state index is 8.69. The van der Waals surface area contributed by atoms with Crippen LogP contribution in [0.25, 0.3) is 11.5 Å². The number of aliphatic hydroxyl groups is 1. The lowest BCUT2D eigenvalue weighted by Crippen LogP contribution is -1.88. The third-order valence-electron chi connectivity index (χ3n) is 2.31. The molecule has 1 aromatic carbocycles. The van der Waals surface area contributed by atoms with Crippen molar-refractivity contribution in [3.05, 3.63) is 35.7 Å². The molecular weight excluding hydrogens is 204 g/mol. The fraction of sp³-hybridized carbons (Fsp3) is 0.333. The summed E-state index contributed by atoms with van der Waals surface area (Å²) in [6.45, 7) is 2.17. The Hall–Kier alpha value is -1.68. The van der Waals surface area contributed by atoms with E-state index in [1.165, 1.54) is 5.56 Å². The second kappa shape index (κ2) is 4.90. The van der Waals surface area contributed by atoms with Crippen LogP contribution < -0.4 is 0 Å². The van der Waals surface area contributed by atoms with Crippen molar-refractivity contribution in [1.29, 1.82) is 0 Å². The number of hydrogen-bond donors (Lipinski definition) is 1. The highest BCUT2D eigenvalue weighted by Crippen LogP contribution is 2.18. The Labute approximate surface area is 93.9 Å². The quantitative estimate of drug-likeness (QED) is 0.852. The predicted octanol–water partition coefficient (Wildman–Crippen LogP) is 1.97. The minimum absolute atomic E-state index is 0.141. The second-order valence-corrected chi connectivity index (χ2v) is 3.69. The van der Waals surface area contributed by atoms with Crippen molar-refractivity contribution in [1.82, 2.24) is 10.2 Å². The fourth-order valence-corrected chi connectivity index (χ4v) is 1.40. The van der Waals surface area contributed by atoms with Gasteiger partial charge in [0, 0.05) is 18.6 Å². The monoisotopic (exact) mass is 218 g/mol. The first kappa shape index (κ1) is 10.8. The number of rotatable bonds is 4. The minimum atomic E-state index is 0.141. The molecule has 0 unspecified atom stereocenters. The van der Waals surface area contributed by atoms with Gasteiger partial charge >= 0.3 is 0 Å². The van der Waals surface area contributed by atoms with Gasteiger partial charge in [-0.3, -0.25) is 0 Å². The maximum Gasteiger partial charge on any atom is 0.247 e. The molecule has 0 fully saturated rings. The van der Waals surface area contributed by atoms with Gasteiger partial charge in [0.2, 0.25) is 11.8 Å². The summed E-state index contributed by atoms with van der Waals surface area (Å²) in [5, 5.41) is 16.6. The zero-order chi connectivity index (χ0) is 11.4. The summed E-state index contributed by atoms with van der Waals surface area (Å²) in [6, 6.07) is 7.93. The van der Waals surface area contributed by atoms with E-state index in [2.05, 4.69) is 10.2 Å². The molecule has 0 saturated carbocycles. The van der Waals surface area contributed by atoms with Crippen LogP contribution >= 0.6 is 0 Å². The molecule has 0 aliphatic carbocycles. The molecule has 0 amide bonds. The number of aromatic nitrogens is 2. The normalized spacial score (nSPS) is 10.6. The Morgan fingerprint density at radius 2 is 1.94 bits per heavy atom. The maximum absolute atomic E-state index is 8.69. The van der Waals surface area contributed by atoms with Crippen LogP contribution in [-0.4, -0.2) is 21.9 Å². The van der Waals surface area contributed by atoms with E-state index in [1.807, 2.05) is 31.2 Å². The number of benzene rings is 1. The van der Waals surface area contributed by atoms with Crippen molar-refractivity contribution < 1.29 is 9.52 Å². The highest BCUT2D eigenvalue weighted by atomic mass is 16.4. The van der Waals surface area contributed by atoms with Crippen LogP contribution in [0.15, 0.2) is 28.7 Å². The van der Waals surface area contributed by atoms with Gasteiger partial charge in [-0.25, -0.2) is 0 Å². The number of hydrogen-bond acceptors (Lipinski definition) is 4. The third-order valence-corrected chi connectivity index (χ3v) is 2.31. The van der Waals surface area contributed by atoms with Gasteiger partial charge < -0.3 is 9.52 Å². The molecule has 2 aromatic rings. The topological polar surface area (TPSA) is 59.2 Å². The number of nitrogens with zero attached hydrogens (tertiary/aromatic N) is 2. The van der Waals surface area contributed by atoms with Crippen LogP contribution in [0, 0.1) is 6.92 Å². The van der Waals surface area contributed by atoms with Gasteiger partial charge in [-0.05, 0) is 25.5 Å². The van der Waals surface area contributed by atoms with Crippen LogP contribution in [0.1, 0.15) is 17.9 Å². The molecule has 1 N–H and O–H groups in total. The van der Waals surface area contributed by atoms with E-state index >= 15 is 0 Å². The first-order chi connectivity index (χ1) is 7.79. The van der Waals surface area contributed by atoms with Gasteiger partial charge in [-0.2, -0.15) is 0 Å². The average Bonchev–Trinajstić information content (AvgIpc) is 2.76.